The molecular formula is C27H37N3O5S. The van der Waals surface area contributed by atoms with Crippen molar-refractivity contribution in [1.29, 1.82) is 0 Å². The maximum absolute atomic E-state index is 13.5. The van der Waals surface area contributed by atoms with Crippen LogP contribution in [0.5, 0.6) is 5.75 Å². The minimum Gasteiger partial charge on any atom is -0.497 e. The van der Waals surface area contributed by atoms with E-state index < -0.39 is 22.0 Å². The molecule has 196 valence electrons. The third kappa shape index (κ3) is 7.07. The van der Waals surface area contributed by atoms with Gasteiger partial charge in [-0.3, -0.25) is 9.59 Å². The number of likely N-dealkylation sites (N-methyl/N-ethyl adjacent to an activating group) is 1. The van der Waals surface area contributed by atoms with Gasteiger partial charge in [-0.2, -0.15) is 4.31 Å². The molecule has 0 radical (unpaired) electrons. The molecule has 1 aliphatic rings. The third-order valence-electron chi connectivity index (χ3n) is 6.69. The van der Waals surface area contributed by atoms with Crippen LogP contribution >= 0.6 is 0 Å². The normalized spacial score (nSPS) is 15.4. The highest BCUT2D eigenvalue weighted by molar-refractivity contribution is 7.89. The molecule has 3 rings (SSSR count). The minimum atomic E-state index is -3.87. The molecule has 2 aromatic rings. The Kier molecular flexibility index (Phi) is 9.50. The predicted octanol–water partition coefficient (Wildman–Crippen LogP) is 3.49. The first kappa shape index (κ1) is 27.7. The molecule has 1 unspecified atom stereocenters. The van der Waals surface area contributed by atoms with Crippen molar-refractivity contribution < 1.29 is 22.7 Å². The first-order valence-corrected chi connectivity index (χ1v) is 13.8. The van der Waals surface area contributed by atoms with Crippen molar-refractivity contribution in [3.63, 3.8) is 0 Å². The lowest BCUT2D eigenvalue weighted by molar-refractivity contribution is -0.141. The van der Waals surface area contributed by atoms with E-state index in [0.717, 1.165) is 41.1 Å². The number of methoxy groups -OCH3 is 1. The van der Waals surface area contributed by atoms with Crippen LogP contribution in [0.15, 0.2) is 53.4 Å². The van der Waals surface area contributed by atoms with E-state index in [-0.39, 0.29) is 29.9 Å². The van der Waals surface area contributed by atoms with Crippen LogP contribution in [0.25, 0.3) is 0 Å². The van der Waals surface area contributed by atoms with E-state index in [0.29, 0.717) is 5.75 Å². The van der Waals surface area contributed by atoms with Gasteiger partial charge < -0.3 is 15.0 Å². The zero-order valence-electron chi connectivity index (χ0n) is 21.6. The van der Waals surface area contributed by atoms with E-state index in [1.807, 2.05) is 19.1 Å². The Labute approximate surface area is 214 Å². The number of ether oxygens (including phenoxy) is 1. The van der Waals surface area contributed by atoms with Crippen LogP contribution in [-0.4, -0.2) is 62.2 Å². The molecular weight excluding hydrogens is 478 g/mol. The van der Waals surface area contributed by atoms with Crippen LogP contribution in [0.1, 0.15) is 50.2 Å². The van der Waals surface area contributed by atoms with Gasteiger partial charge >= 0.3 is 0 Å². The highest BCUT2D eigenvalue weighted by atomic mass is 32.2. The molecule has 0 aliphatic heterocycles. The van der Waals surface area contributed by atoms with Crippen molar-refractivity contribution in [2.24, 2.45) is 0 Å². The molecule has 0 heterocycles. The molecule has 8 nitrogen and oxygen atoms in total. The molecule has 0 aromatic heterocycles. The summed E-state index contributed by atoms with van der Waals surface area (Å²) in [4.78, 5) is 28.2. The molecule has 36 heavy (non-hydrogen) atoms. The van der Waals surface area contributed by atoms with E-state index in [4.69, 9.17) is 4.74 Å². The fourth-order valence-corrected chi connectivity index (χ4v) is 5.50. The number of aryl methyl sites for hydroxylation is 1. The summed E-state index contributed by atoms with van der Waals surface area (Å²) in [6.45, 7) is 3.32. The van der Waals surface area contributed by atoms with Gasteiger partial charge in [0.25, 0.3) is 0 Å². The van der Waals surface area contributed by atoms with Gasteiger partial charge in [-0.05, 0) is 56.5 Å². The first-order valence-electron chi connectivity index (χ1n) is 12.4. The molecule has 9 heteroatoms. The van der Waals surface area contributed by atoms with Crippen molar-refractivity contribution in [3.05, 3.63) is 59.7 Å². The maximum Gasteiger partial charge on any atom is 0.243 e. The molecule has 0 saturated heterocycles. The summed E-state index contributed by atoms with van der Waals surface area (Å²) in [5, 5.41) is 3.09. The van der Waals surface area contributed by atoms with E-state index >= 15 is 0 Å². The summed E-state index contributed by atoms with van der Waals surface area (Å²) < 4.78 is 32.5. The topological polar surface area (TPSA) is 96.0 Å². The average molecular weight is 516 g/mol. The van der Waals surface area contributed by atoms with Gasteiger partial charge in [-0.15, -0.1) is 0 Å². The number of sulfonamides is 1. The number of hydrogen-bond acceptors (Lipinski definition) is 5. The van der Waals surface area contributed by atoms with Gasteiger partial charge in [0.15, 0.2) is 0 Å². The number of carbonyl (C=O) groups excluding carboxylic acids is 2. The molecule has 0 spiro atoms. The van der Waals surface area contributed by atoms with Gasteiger partial charge in [0.05, 0.1) is 18.6 Å². The predicted molar refractivity (Wildman–Crippen MR) is 139 cm³/mol. The Bertz CT molecular complexity index is 1140. The van der Waals surface area contributed by atoms with E-state index in [9.17, 15) is 18.0 Å². The van der Waals surface area contributed by atoms with Crippen LogP contribution in [0.4, 0.5) is 0 Å². The van der Waals surface area contributed by atoms with E-state index in [1.54, 1.807) is 38.3 Å². The summed E-state index contributed by atoms with van der Waals surface area (Å²) in [5.41, 5.74) is 1.72. The summed E-state index contributed by atoms with van der Waals surface area (Å²) in [6, 6.07) is 13.1. The smallest absolute Gasteiger partial charge is 0.243 e. The SMILES string of the molecule is COc1cccc(CN(C(=O)CN(C)S(=O)(=O)c2ccc(C)cc2)C(C)C(=O)NC2CCCCC2)c1. The van der Waals surface area contributed by atoms with Gasteiger partial charge in [0, 0.05) is 19.6 Å². The Hall–Kier alpha value is -2.91. The lowest BCUT2D eigenvalue weighted by atomic mass is 9.95. The molecule has 2 amide bonds. The number of nitrogens with zero attached hydrogens (tertiary/aromatic N) is 2. The van der Waals surface area contributed by atoms with Crippen molar-refractivity contribution >= 4 is 21.8 Å². The van der Waals surface area contributed by atoms with Gasteiger partial charge in [-0.25, -0.2) is 8.42 Å². The lowest BCUT2D eigenvalue weighted by Gasteiger charge is -2.32. The second-order valence-electron chi connectivity index (χ2n) is 9.47. The number of carbonyl (C=O) groups is 2. The van der Waals surface area contributed by atoms with Gasteiger partial charge in [-0.1, -0.05) is 49.1 Å². The second kappa shape index (κ2) is 12.4. The van der Waals surface area contributed by atoms with Crippen molar-refractivity contribution in [2.75, 3.05) is 20.7 Å². The highest BCUT2D eigenvalue weighted by Crippen LogP contribution is 2.20. The number of hydrogen-bond donors (Lipinski definition) is 1. The van der Waals surface area contributed by atoms with E-state index in [1.165, 1.54) is 30.5 Å². The zero-order valence-corrected chi connectivity index (χ0v) is 22.4. The first-order chi connectivity index (χ1) is 17.1. The number of rotatable bonds is 10. The number of benzene rings is 2. The molecule has 2 aromatic carbocycles. The van der Waals surface area contributed by atoms with Crippen LogP contribution < -0.4 is 10.1 Å². The standard InChI is InChI=1S/C27H37N3O5S/c1-20-13-15-25(16-14-20)36(33,34)29(3)19-26(31)30(18-22-9-8-12-24(17-22)35-4)21(2)27(32)28-23-10-6-5-7-11-23/h8-9,12-17,21,23H,5-7,10-11,18-19H2,1-4H3,(H,28,32). The van der Waals surface area contributed by atoms with Crippen LogP contribution in [-0.2, 0) is 26.2 Å². The van der Waals surface area contributed by atoms with E-state index in [2.05, 4.69) is 5.32 Å². The Morgan fingerprint density at radius 3 is 2.39 bits per heavy atom. The molecule has 1 saturated carbocycles. The van der Waals surface area contributed by atoms with Crippen molar-refractivity contribution in [1.82, 2.24) is 14.5 Å². The number of nitrogens with one attached hydrogen (secondary N) is 1. The van der Waals surface area contributed by atoms with Crippen molar-refractivity contribution in [3.8, 4) is 5.75 Å². The Morgan fingerprint density at radius 1 is 1.08 bits per heavy atom. The summed E-state index contributed by atoms with van der Waals surface area (Å²) in [5.74, 6) is -0.0530. The molecule has 1 atom stereocenters. The van der Waals surface area contributed by atoms with Crippen LogP contribution in [0.2, 0.25) is 0 Å². The fourth-order valence-electron chi connectivity index (χ4n) is 4.38. The average Bonchev–Trinajstić information content (AvgIpc) is 2.87. The largest absolute Gasteiger partial charge is 0.497 e. The van der Waals surface area contributed by atoms with Crippen LogP contribution in [0.3, 0.4) is 0 Å². The quantitative estimate of drug-likeness (QED) is 0.523. The minimum absolute atomic E-state index is 0.104. The third-order valence-corrected chi connectivity index (χ3v) is 8.51. The monoisotopic (exact) mass is 515 g/mol. The van der Waals surface area contributed by atoms with Gasteiger partial charge in [0.1, 0.15) is 11.8 Å². The maximum atomic E-state index is 13.5. The highest BCUT2D eigenvalue weighted by Gasteiger charge is 2.31. The Balaban J connectivity index is 1.80. The summed E-state index contributed by atoms with van der Waals surface area (Å²) in [7, 11) is -0.930. The number of amides is 2. The molecule has 1 aliphatic carbocycles. The Morgan fingerprint density at radius 2 is 1.75 bits per heavy atom. The molecule has 1 N–H and O–H groups in total. The zero-order chi connectivity index (χ0) is 26.3. The van der Waals surface area contributed by atoms with Crippen LogP contribution in [0, 0.1) is 6.92 Å². The van der Waals surface area contributed by atoms with Crippen molar-refractivity contribution in [2.45, 2.75) is 69.5 Å². The van der Waals surface area contributed by atoms with Gasteiger partial charge in [0.2, 0.25) is 21.8 Å². The fraction of sp³-hybridized carbons (Fsp3) is 0.481. The molecule has 1 fully saturated rings. The lowest BCUT2D eigenvalue weighted by Crippen LogP contribution is -2.52. The second-order valence-corrected chi connectivity index (χ2v) is 11.5. The summed E-state index contributed by atoms with van der Waals surface area (Å²) in [6.07, 6.45) is 5.19. The summed E-state index contributed by atoms with van der Waals surface area (Å²) >= 11 is 0. The molecule has 0 bridgehead atoms.